The molecule has 2 aromatic heterocycles. The van der Waals surface area contributed by atoms with Crippen LogP contribution in [0, 0.1) is 11.2 Å². The maximum absolute atomic E-state index is 15.1. The fourth-order valence-corrected chi connectivity index (χ4v) is 6.45. The Kier molecular flexibility index (Phi) is 6.60. The number of aromatic nitrogens is 3. The van der Waals surface area contributed by atoms with Crippen molar-refractivity contribution in [2.45, 2.75) is 44.4 Å². The van der Waals surface area contributed by atoms with Crippen molar-refractivity contribution in [1.29, 1.82) is 5.41 Å². The van der Waals surface area contributed by atoms with Gasteiger partial charge in [-0.3, -0.25) is 15.0 Å². The summed E-state index contributed by atoms with van der Waals surface area (Å²) in [7, 11) is -3.59. The summed E-state index contributed by atoms with van der Waals surface area (Å²) in [6, 6.07) is 6.00. The molecule has 1 aliphatic carbocycles. The highest BCUT2D eigenvalue weighted by Crippen LogP contribution is 2.36. The number of nitrogens with two attached hydrogens (primary N) is 1. The second-order valence-corrected chi connectivity index (χ2v) is 12.4. The highest BCUT2D eigenvalue weighted by Gasteiger charge is 2.44. The highest BCUT2D eigenvalue weighted by atomic mass is 32.2. The average Bonchev–Trinajstić information content (AvgIpc) is 3.48. The quantitative estimate of drug-likeness (QED) is 0.292. The molecule has 0 atom stereocenters. The van der Waals surface area contributed by atoms with Crippen LogP contribution in [0.15, 0.2) is 41.7 Å². The molecule has 12 nitrogen and oxygen atoms in total. The molecule has 4 N–H and O–H groups in total. The van der Waals surface area contributed by atoms with Gasteiger partial charge in [-0.15, -0.1) is 0 Å². The minimum Gasteiger partial charge on any atom is -0.382 e. The highest BCUT2D eigenvalue weighted by molar-refractivity contribution is 7.90. The zero-order valence-corrected chi connectivity index (χ0v) is 23.0. The maximum Gasteiger partial charge on any atom is 0.256 e. The number of nitrogens with one attached hydrogen (secondary N) is 2. The monoisotopic (exact) mass is 568 g/mol. The van der Waals surface area contributed by atoms with Gasteiger partial charge >= 0.3 is 0 Å². The number of nitrogens with zero attached hydrogens (tertiary/aromatic N) is 5. The number of amides is 2. The number of rotatable bonds is 7. The zero-order valence-electron chi connectivity index (χ0n) is 22.2. The first-order valence-corrected chi connectivity index (χ1v) is 14.1. The van der Waals surface area contributed by atoms with Gasteiger partial charge in [-0.2, -0.15) is 9.19 Å². The molecule has 14 heteroatoms. The van der Waals surface area contributed by atoms with Crippen molar-refractivity contribution in [2.75, 3.05) is 18.0 Å². The van der Waals surface area contributed by atoms with Crippen LogP contribution in [0.1, 0.15) is 39.3 Å². The van der Waals surface area contributed by atoms with E-state index in [9.17, 15) is 18.0 Å². The molecule has 0 spiro atoms. The first-order chi connectivity index (χ1) is 18.9. The molecule has 2 aliphatic rings. The summed E-state index contributed by atoms with van der Waals surface area (Å²) in [4.78, 5) is 35.2. The van der Waals surface area contributed by atoms with Gasteiger partial charge in [0, 0.05) is 42.4 Å². The number of hydrogen-bond donors (Lipinski definition) is 3. The van der Waals surface area contributed by atoms with E-state index in [1.165, 1.54) is 47.3 Å². The summed E-state index contributed by atoms with van der Waals surface area (Å²) < 4.78 is 41.4. The van der Waals surface area contributed by atoms with E-state index >= 15 is 4.39 Å². The summed E-state index contributed by atoms with van der Waals surface area (Å²) in [5.41, 5.74) is 7.27. The van der Waals surface area contributed by atoms with Crippen molar-refractivity contribution in [3.8, 4) is 22.4 Å². The lowest BCUT2D eigenvalue weighted by Crippen LogP contribution is -2.64. The maximum atomic E-state index is 15.1. The summed E-state index contributed by atoms with van der Waals surface area (Å²) in [5, 5.41) is 10.9. The summed E-state index contributed by atoms with van der Waals surface area (Å²) in [6.07, 6.45) is 4.76. The van der Waals surface area contributed by atoms with E-state index in [0.717, 1.165) is 10.4 Å². The smallest absolute Gasteiger partial charge is 0.256 e. The number of piperazine rings is 1. The molecule has 0 bridgehead atoms. The number of halogens is 1. The molecule has 210 valence electrons. The summed E-state index contributed by atoms with van der Waals surface area (Å²) in [5.74, 6) is -1.28. The largest absolute Gasteiger partial charge is 0.382 e. The Morgan fingerprint density at radius 3 is 2.62 bits per heavy atom. The molecule has 5 rings (SSSR count). The molecule has 1 aromatic carbocycles. The third-order valence-corrected chi connectivity index (χ3v) is 9.31. The van der Waals surface area contributed by atoms with Crippen LogP contribution in [0.5, 0.6) is 0 Å². The van der Waals surface area contributed by atoms with Crippen LogP contribution in [0.4, 0.5) is 10.1 Å². The van der Waals surface area contributed by atoms with Gasteiger partial charge in [0.2, 0.25) is 5.91 Å². The second-order valence-electron chi connectivity index (χ2n) is 10.3. The Bertz CT molecular complexity index is 1670. The summed E-state index contributed by atoms with van der Waals surface area (Å²) >= 11 is 0. The molecule has 40 heavy (non-hydrogen) atoms. The van der Waals surface area contributed by atoms with E-state index in [4.69, 9.17) is 11.1 Å². The average molecular weight is 569 g/mol. The lowest BCUT2D eigenvalue weighted by Gasteiger charge is -2.45. The number of benzene rings is 1. The summed E-state index contributed by atoms with van der Waals surface area (Å²) in [6.45, 7) is 5.02. The number of aliphatic imine (C=N–C) groups is 1. The van der Waals surface area contributed by atoms with E-state index in [1.54, 1.807) is 19.9 Å². The van der Waals surface area contributed by atoms with Gasteiger partial charge in [-0.05, 0) is 51.0 Å². The predicted octanol–water partition coefficient (Wildman–Crippen LogP) is 2.31. The number of anilines is 1. The van der Waals surface area contributed by atoms with Gasteiger partial charge in [0.05, 0.1) is 29.0 Å². The Hall–Kier alpha value is -4.33. The Balaban J connectivity index is 1.56. The molecule has 1 aliphatic heterocycles. The van der Waals surface area contributed by atoms with Crippen molar-refractivity contribution in [3.05, 3.63) is 48.2 Å². The van der Waals surface area contributed by atoms with E-state index in [0.29, 0.717) is 40.9 Å². The number of H-pyrrole nitrogens is 1. The minimum atomic E-state index is -3.59. The third-order valence-electron chi connectivity index (χ3n) is 7.27. The van der Waals surface area contributed by atoms with Crippen molar-refractivity contribution < 1.29 is 22.4 Å². The van der Waals surface area contributed by atoms with E-state index < -0.39 is 32.5 Å². The first kappa shape index (κ1) is 27.2. The van der Waals surface area contributed by atoms with E-state index in [1.807, 2.05) is 0 Å². The van der Waals surface area contributed by atoms with Crippen LogP contribution in [0.25, 0.3) is 22.4 Å². The van der Waals surface area contributed by atoms with Gasteiger partial charge in [0.15, 0.2) is 0 Å². The Labute approximate surface area is 230 Å². The Morgan fingerprint density at radius 1 is 1.25 bits per heavy atom. The molecule has 1 saturated carbocycles. The van der Waals surface area contributed by atoms with E-state index in [-0.39, 0.29) is 30.5 Å². The van der Waals surface area contributed by atoms with Crippen molar-refractivity contribution >= 4 is 39.7 Å². The zero-order chi connectivity index (χ0) is 29.0. The van der Waals surface area contributed by atoms with E-state index in [2.05, 4.69) is 15.1 Å². The standard InChI is InChI=1S/C26H29FN8O4S/c1-15(36)34-9-8-33(25(37)26(34,2)3)22-10-16(4-7-20(22)27)21-11-19(23(32-21)24(29)30-14-28)17-12-31-35(13-17)40(38,39)18-5-6-18/h4,7,10-14,18,32H,5-6,8-9H2,1-3H3,(H3,28,29,30). The van der Waals surface area contributed by atoms with Gasteiger partial charge < -0.3 is 20.5 Å². The van der Waals surface area contributed by atoms with Gasteiger partial charge in [-0.1, -0.05) is 0 Å². The molecular formula is C26H29FN8O4S. The molecule has 3 heterocycles. The molecule has 3 aromatic rings. The predicted molar refractivity (Wildman–Crippen MR) is 148 cm³/mol. The Morgan fingerprint density at radius 2 is 1.98 bits per heavy atom. The van der Waals surface area contributed by atoms with Crippen molar-refractivity contribution in [1.82, 2.24) is 19.1 Å². The van der Waals surface area contributed by atoms with Crippen LogP contribution in [-0.2, 0) is 19.6 Å². The minimum absolute atomic E-state index is 0.0198. The van der Waals surface area contributed by atoms with Crippen LogP contribution in [-0.4, -0.2) is 75.4 Å². The van der Waals surface area contributed by atoms with Crippen molar-refractivity contribution in [3.63, 3.8) is 0 Å². The van der Waals surface area contributed by atoms with Crippen LogP contribution < -0.4 is 10.6 Å². The van der Waals surface area contributed by atoms with Crippen LogP contribution >= 0.6 is 0 Å². The normalized spacial score (nSPS) is 17.8. The van der Waals surface area contributed by atoms with Gasteiger partial charge in [0.25, 0.3) is 15.9 Å². The lowest BCUT2D eigenvalue weighted by molar-refractivity contribution is -0.145. The number of carbonyl (C=O) groups is 2. The third kappa shape index (κ3) is 4.57. The number of aromatic amines is 1. The topological polar surface area (TPSA) is 171 Å². The van der Waals surface area contributed by atoms with Crippen LogP contribution in [0.2, 0.25) is 0 Å². The number of hydrogen-bond acceptors (Lipinski definition) is 6. The second kappa shape index (κ2) is 9.70. The number of amidine groups is 1. The molecule has 1 saturated heterocycles. The fourth-order valence-electron chi connectivity index (χ4n) is 4.97. The fraction of sp³-hybridized carbons (Fsp3) is 0.346. The lowest BCUT2D eigenvalue weighted by atomic mass is 9.96. The molecule has 2 fully saturated rings. The van der Waals surface area contributed by atoms with Crippen LogP contribution in [0.3, 0.4) is 0 Å². The molecule has 0 unspecified atom stereocenters. The van der Waals surface area contributed by atoms with Gasteiger partial charge in [0.1, 0.15) is 23.5 Å². The SMILES string of the molecule is CC(=O)N1CCN(c2cc(-c3cc(-c4cnn(S(=O)(=O)C5CC5)c4)c(C(N)=NC=N)[nH]3)ccc2F)C(=O)C1(C)C. The van der Waals surface area contributed by atoms with Crippen molar-refractivity contribution in [2.24, 2.45) is 10.7 Å². The number of carbonyl (C=O) groups excluding carboxylic acids is 2. The molecular weight excluding hydrogens is 539 g/mol. The van der Waals surface area contributed by atoms with Gasteiger partial charge in [-0.25, -0.2) is 17.8 Å². The molecule has 0 radical (unpaired) electrons. The first-order valence-electron chi connectivity index (χ1n) is 12.6. The molecule has 2 amide bonds.